The summed E-state index contributed by atoms with van der Waals surface area (Å²) < 4.78 is 42.9. The fraction of sp³-hybridized carbons (Fsp3) is 0.188. The number of rotatable bonds is 4. The molecule has 0 spiro atoms. The molecule has 0 saturated heterocycles. The van der Waals surface area contributed by atoms with E-state index in [0.29, 0.717) is 28.0 Å². The highest BCUT2D eigenvalue weighted by atomic mass is 32.2. The van der Waals surface area contributed by atoms with Crippen LogP contribution in [0.5, 0.6) is 0 Å². The molecule has 0 bridgehead atoms. The van der Waals surface area contributed by atoms with Gasteiger partial charge < -0.3 is 0 Å². The normalized spacial score (nSPS) is 11.8. The first kappa shape index (κ1) is 16.7. The van der Waals surface area contributed by atoms with E-state index in [9.17, 15) is 17.6 Å². The van der Waals surface area contributed by atoms with Crippen molar-refractivity contribution in [3.8, 4) is 0 Å². The standard InChI is InChI=1S/C16H15FN2O3S2/c1-3-19-14-7-5-12(9-15(14)23-16(19)20)24(21,22)18-13-6-4-11(17)8-10(13)2/h4-9,18H,3H2,1-2H3. The largest absolute Gasteiger partial charge is 0.308 e. The molecule has 0 fully saturated rings. The molecule has 1 aromatic heterocycles. The van der Waals surface area contributed by atoms with Gasteiger partial charge in [0.05, 0.1) is 20.8 Å². The van der Waals surface area contributed by atoms with E-state index in [1.165, 1.54) is 30.3 Å². The second-order valence-corrected chi connectivity index (χ2v) is 7.98. The van der Waals surface area contributed by atoms with Crippen molar-refractivity contribution in [3.05, 3.63) is 57.4 Å². The van der Waals surface area contributed by atoms with Gasteiger partial charge in [-0.05, 0) is 55.8 Å². The van der Waals surface area contributed by atoms with E-state index < -0.39 is 15.8 Å². The van der Waals surface area contributed by atoms with Crippen molar-refractivity contribution in [3.63, 3.8) is 0 Å². The van der Waals surface area contributed by atoms with Crippen LogP contribution in [0.2, 0.25) is 0 Å². The zero-order valence-electron chi connectivity index (χ0n) is 13.0. The number of benzene rings is 2. The van der Waals surface area contributed by atoms with Crippen LogP contribution < -0.4 is 9.60 Å². The van der Waals surface area contributed by atoms with Gasteiger partial charge in [-0.2, -0.15) is 0 Å². The summed E-state index contributed by atoms with van der Waals surface area (Å²) >= 11 is 1.01. The Morgan fingerprint density at radius 3 is 2.62 bits per heavy atom. The van der Waals surface area contributed by atoms with E-state index in [1.54, 1.807) is 17.6 Å². The highest BCUT2D eigenvalue weighted by Crippen LogP contribution is 2.25. The number of aryl methyl sites for hydroxylation is 2. The van der Waals surface area contributed by atoms with Gasteiger partial charge in [-0.3, -0.25) is 14.1 Å². The van der Waals surface area contributed by atoms with E-state index in [-0.39, 0.29) is 9.77 Å². The van der Waals surface area contributed by atoms with Crippen molar-refractivity contribution in [2.24, 2.45) is 0 Å². The highest BCUT2D eigenvalue weighted by Gasteiger charge is 2.17. The summed E-state index contributed by atoms with van der Waals surface area (Å²) in [6.45, 7) is 4.01. The fourth-order valence-corrected chi connectivity index (χ4v) is 4.68. The molecule has 0 unspecified atom stereocenters. The number of anilines is 1. The van der Waals surface area contributed by atoms with Gasteiger partial charge in [0.15, 0.2) is 0 Å². The Bertz CT molecular complexity index is 1080. The first-order valence-corrected chi connectivity index (χ1v) is 9.54. The Balaban J connectivity index is 2.03. The SMILES string of the molecule is CCn1c(=O)sc2cc(S(=O)(=O)Nc3ccc(F)cc3C)ccc21. The van der Waals surface area contributed by atoms with E-state index >= 15 is 0 Å². The Hall–Kier alpha value is -2.19. The quantitative estimate of drug-likeness (QED) is 0.770. The van der Waals surface area contributed by atoms with E-state index in [2.05, 4.69) is 4.72 Å². The Kier molecular flexibility index (Phi) is 4.18. The predicted octanol–water partition coefficient (Wildman–Crippen LogP) is 3.33. The number of sulfonamides is 1. The molecule has 0 radical (unpaired) electrons. The molecule has 0 amide bonds. The van der Waals surface area contributed by atoms with Crippen LogP contribution in [0.15, 0.2) is 46.1 Å². The number of thiazole rings is 1. The third-order valence-electron chi connectivity index (χ3n) is 3.70. The molecule has 126 valence electrons. The Labute approximate surface area is 142 Å². The molecule has 8 heteroatoms. The lowest BCUT2D eigenvalue weighted by Gasteiger charge is -2.11. The predicted molar refractivity (Wildman–Crippen MR) is 93.7 cm³/mol. The smallest absolute Gasteiger partial charge is 0.299 e. The van der Waals surface area contributed by atoms with Crippen LogP contribution in [-0.2, 0) is 16.6 Å². The zero-order chi connectivity index (χ0) is 17.5. The number of fused-ring (bicyclic) bond motifs is 1. The Morgan fingerprint density at radius 1 is 1.21 bits per heavy atom. The molecule has 5 nitrogen and oxygen atoms in total. The van der Waals surface area contributed by atoms with Gasteiger partial charge in [0, 0.05) is 6.54 Å². The molecule has 3 rings (SSSR count). The molecular formula is C16H15FN2O3S2. The summed E-state index contributed by atoms with van der Waals surface area (Å²) in [5, 5.41) is 0. The Morgan fingerprint density at radius 2 is 1.96 bits per heavy atom. The van der Waals surface area contributed by atoms with Crippen molar-refractivity contribution in [2.75, 3.05) is 4.72 Å². The molecule has 2 aromatic carbocycles. The van der Waals surface area contributed by atoms with Gasteiger partial charge in [-0.1, -0.05) is 11.3 Å². The van der Waals surface area contributed by atoms with Gasteiger partial charge in [0.25, 0.3) is 10.0 Å². The maximum absolute atomic E-state index is 13.1. The van der Waals surface area contributed by atoms with Crippen molar-refractivity contribution >= 4 is 37.3 Å². The molecule has 24 heavy (non-hydrogen) atoms. The molecule has 0 atom stereocenters. The van der Waals surface area contributed by atoms with Crippen LogP contribution >= 0.6 is 11.3 Å². The van der Waals surface area contributed by atoms with Gasteiger partial charge in [-0.25, -0.2) is 12.8 Å². The summed E-state index contributed by atoms with van der Waals surface area (Å²) in [4.78, 5) is 11.8. The monoisotopic (exact) mass is 366 g/mol. The van der Waals surface area contributed by atoms with Gasteiger partial charge in [-0.15, -0.1) is 0 Å². The number of hydrogen-bond acceptors (Lipinski definition) is 4. The third kappa shape index (κ3) is 2.94. The summed E-state index contributed by atoms with van der Waals surface area (Å²) in [5.41, 5.74) is 1.52. The number of nitrogens with one attached hydrogen (secondary N) is 1. The topological polar surface area (TPSA) is 68.2 Å². The lowest BCUT2D eigenvalue weighted by molar-refractivity contribution is 0.601. The second-order valence-electron chi connectivity index (χ2n) is 5.31. The minimum absolute atomic E-state index is 0.0585. The van der Waals surface area contributed by atoms with Crippen LogP contribution in [0.3, 0.4) is 0 Å². The lowest BCUT2D eigenvalue weighted by Crippen LogP contribution is -2.14. The number of hydrogen-bond donors (Lipinski definition) is 1. The molecule has 1 N–H and O–H groups in total. The minimum Gasteiger partial charge on any atom is -0.299 e. The molecule has 3 aromatic rings. The van der Waals surface area contributed by atoms with Crippen LogP contribution in [0.1, 0.15) is 12.5 Å². The van der Waals surface area contributed by atoms with E-state index in [1.807, 2.05) is 6.92 Å². The maximum Gasteiger partial charge on any atom is 0.308 e. The van der Waals surface area contributed by atoms with Crippen LogP contribution in [0.4, 0.5) is 10.1 Å². The first-order chi connectivity index (χ1) is 11.3. The summed E-state index contributed by atoms with van der Waals surface area (Å²) in [6, 6.07) is 8.40. The number of halogens is 1. The summed E-state index contributed by atoms with van der Waals surface area (Å²) in [6.07, 6.45) is 0. The molecule has 0 aliphatic rings. The van der Waals surface area contributed by atoms with Crippen molar-refractivity contribution in [1.82, 2.24) is 4.57 Å². The second kappa shape index (κ2) is 6.03. The molecular weight excluding hydrogens is 351 g/mol. The summed E-state index contributed by atoms with van der Waals surface area (Å²) in [7, 11) is -3.83. The summed E-state index contributed by atoms with van der Waals surface area (Å²) in [5.74, 6) is -0.428. The van der Waals surface area contributed by atoms with Crippen molar-refractivity contribution in [1.29, 1.82) is 0 Å². The third-order valence-corrected chi connectivity index (χ3v) is 6.00. The van der Waals surface area contributed by atoms with E-state index in [0.717, 1.165) is 11.3 Å². The molecule has 0 saturated carbocycles. The first-order valence-electron chi connectivity index (χ1n) is 7.24. The molecule has 1 heterocycles. The molecule has 0 aliphatic carbocycles. The van der Waals surface area contributed by atoms with Crippen molar-refractivity contribution < 1.29 is 12.8 Å². The van der Waals surface area contributed by atoms with Gasteiger partial charge >= 0.3 is 4.87 Å². The fourth-order valence-electron chi connectivity index (χ4n) is 2.46. The highest BCUT2D eigenvalue weighted by molar-refractivity contribution is 7.92. The zero-order valence-corrected chi connectivity index (χ0v) is 14.7. The van der Waals surface area contributed by atoms with Crippen LogP contribution in [0.25, 0.3) is 10.2 Å². The van der Waals surface area contributed by atoms with Gasteiger partial charge in [0.1, 0.15) is 5.82 Å². The van der Waals surface area contributed by atoms with Gasteiger partial charge in [0.2, 0.25) is 0 Å². The lowest BCUT2D eigenvalue weighted by atomic mass is 10.2. The van der Waals surface area contributed by atoms with Crippen LogP contribution in [-0.4, -0.2) is 13.0 Å². The van der Waals surface area contributed by atoms with Crippen molar-refractivity contribution in [2.45, 2.75) is 25.3 Å². The average molecular weight is 366 g/mol. The number of aromatic nitrogens is 1. The molecule has 0 aliphatic heterocycles. The number of nitrogens with zero attached hydrogens (tertiary/aromatic N) is 1. The van der Waals surface area contributed by atoms with Crippen LogP contribution in [0, 0.1) is 12.7 Å². The van der Waals surface area contributed by atoms with E-state index in [4.69, 9.17) is 0 Å². The maximum atomic E-state index is 13.1. The average Bonchev–Trinajstić information content (AvgIpc) is 2.84. The minimum atomic E-state index is -3.83.